The minimum absolute atomic E-state index is 0.0185. The average Bonchev–Trinajstić information content (AvgIpc) is 3.24. The monoisotopic (exact) mass is 598 g/mol. The second kappa shape index (κ2) is 10.3. The number of aryl methyl sites for hydroxylation is 2. The van der Waals surface area contributed by atoms with Crippen molar-refractivity contribution >= 4 is 20.2 Å². The summed E-state index contributed by atoms with van der Waals surface area (Å²) >= 11 is 0. The lowest BCUT2D eigenvalue weighted by molar-refractivity contribution is -0.0335. The molecule has 6 nitrogen and oxygen atoms in total. The van der Waals surface area contributed by atoms with Crippen LogP contribution in [0.3, 0.4) is 0 Å². The van der Waals surface area contributed by atoms with E-state index in [1.165, 1.54) is 5.57 Å². The lowest BCUT2D eigenvalue weighted by Gasteiger charge is -2.57. The largest absolute Gasteiger partial charge is 0.297 e. The second-order valence-corrected chi connectivity index (χ2v) is 16.7. The van der Waals surface area contributed by atoms with Gasteiger partial charge in [0.25, 0.3) is 20.2 Å². The molecule has 0 saturated heterocycles. The minimum Gasteiger partial charge on any atom is -0.263 e. The van der Waals surface area contributed by atoms with E-state index in [0.29, 0.717) is 30.6 Å². The number of hydrogen-bond donors (Lipinski definition) is 0. The smallest absolute Gasteiger partial charge is 0.263 e. The summed E-state index contributed by atoms with van der Waals surface area (Å²) in [7, 11) is -7.62. The van der Waals surface area contributed by atoms with E-state index in [1.54, 1.807) is 48.5 Å². The fourth-order valence-corrected chi connectivity index (χ4v) is 10.8. The van der Waals surface area contributed by atoms with Crippen LogP contribution in [0, 0.1) is 42.4 Å². The van der Waals surface area contributed by atoms with Gasteiger partial charge in [0.05, 0.1) is 22.0 Å². The zero-order chi connectivity index (χ0) is 29.2. The molecule has 0 N–H and O–H groups in total. The van der Waals surface area contributed by atoms with Gasteiger partial charge in [0, 0.05) is 0 Å². The normalized spacial score (nSPS) is 35.2. The molecule has 0 aliphatic heterocycles. The molecule has 4 aliphatic carbocycles. The zero-order valence-electron chi connectivity index (χ0n) is 24.5. The maximum absolute atomic E-state index is 13.1. The molecule has 4 aliphatic rings. The predicted octanol–water partition coefficient (Wildman–Crippen LogP) is 7.11. The highest BCUT2D eigenvalue weighted by molar-refractivity contribution is 7.87. The van der Waals surface area contributed by atoms with Crippen LogP contribution in [-0.4, -0.2) is 29.0 Å². The molecular weight excluding hydrogens is 556 g/mol. The summed E-state index contributed by atoms with van der Waals surface area (Å²) < 4.78 is 63.8. The minimum atomic E-state index is -3.81. The van der Waals surface area contributed by atoms with Crippen LogP contribution < -0.4 is 0 Å². The van der Waals surface area contributed by atoms with Crippen LogP contribution >= 0.6 is 0 Å². The van der Waals surface area contributed by atoms with E-state index in [2.05, 4.69) is 19.9 Å². The number of rotatable bonds is 6. The van der Waals surface area contributed by atoms with Crippen LogP contribution in [0.5, 0.6) is 0 Å². The highest BCUT2D eigenvalue weighted by Crippen LogP contribution is 2.65. The number of hydrogen-bond acceptors (Lipinski definition) is 6. The maximum atomic E-state index is 13.1. The van der Waals surface area contributed by atoms with Gasteiger partial charge in [-0.25, -0.2) is 0 Å². The van der Waals surface area contributed by atoms with Gasteiger partial charge in [0.2, 0.25) is 0 Å². The van der Waals surface area contributed by atoms with Gasteiger partial charge in [0.15, 0.2) is 0 Å². The molecule has 0 radical (unpaired) electrons. The van der Waals surface area contributed by atoms with E-state index in [4.69, 9.17) is 8.37 Å². The number of benzene rings is 2. The molecule has 7 atom stereocenters. The van der Waals surface area contributed by atoms with Gasteiger partial charge in [-0.05, 0) is 118 Å². The third-order valence-electron chi connectivity index (χ3n) is 10.9. The van der Waals surface area contributed by atoms with E-state index >= 15 is 0 Å². The fraction of sp³-hybridized carbons (Fsp3) is 0.576. The van der Waals surface area contributed by atoms with Gasteiger partial charge in [-0.2, -0.15) is 16.8 Å². The SMILES string of the molecule is Cc1ccc(S(=O)(=O)O[C@H]2CC[C@@]3(C)C(=CC[C@H]4[C@@H]5C[C@H](OS(=O)(=O)c6ccc(C)cc6)C[C@@]5(C)CC[C@@H]43)C2)cc1. The van der Waals surface area contributed by atoms with Crippen LogP contribution in [0.2, 0.25) is 0 Å². The first-order chi connectivity index (χ1) is 19.3. The molecule has 8 heteroatoms. The molecule has 2 aromatic rings. The molecule has 0 aromatic heterocycles. The van der Waals surface area contributed by atoms with E-state index in [-0.39, 0.29) is 32.8 Å². The topological polar surface area (TPSA) is 86.7 Å². The lowest BCUT2D eigenvalue weighted by Crippen LogP contribution is -2.49. The van der Waals surface area contributed by atoms with Crippen molar-refractivity contribution in [1.82, 2.24) is 0 Å². The molecule has 0 unspecified atom stereocenters. The van der Waals surface area contributed by atoms with Crippen LogP contribution in [0.15, 0.2) is 70.0 Å². The average molecular weight is 599 g/mol. The Morgan fingerprint density at radius 2 is 1.29 bits per heavy atom. The van der Waals surface area contributed by atoms with Gasteiger partial charge in [-0.15, -0.1) is 0 Å². The third-order valence-corrected chi connectivity index (χ3v) is 13.7. The van der Waals surface area contributed by atoms with E-state index < -0.39 is 20.2 Å². The summed E-state index contributed by atoms with van der Waals surface area (Å²) in [5, 5.41) is 0. The zero-order valence-corrected chi connectivity index (χ0v) is 26.1. The molecule has 0 bridgehead atoms. The fourth-order valence-electron chi connectivity index (χ4n) is 8.66. The van der Waals surface area contributed by atoms with Crippen LogP contribution in [-0.2, 0) is 28.6 Å². The molecule has 0 spiro atoms. The first-order valence-electron chi connectivity index (χ1n) is 15.0. The van der Waals surface area contributed by atoms with Gasteiger partial charge in [-0.1, -0.05) is 60.9 Å². The highest BCUT2D eigenvalue weighted by Gasteiger charge is 2.58. The first kappa shape index (κ1) is 29.1. The van der Waals surface area contributed by atoms with Gasteiger partial charge in [-0.3, -0.25) is 8.37 Å². The van der Waals surface area contributed by atoms with Crippen molar-refractivity contribution in [3.63, 3.8) is 0 Å². The summed E-state index contributed by atoms with van der Waals surface area (Å²) in [6, 6.07) is 13.7. The van der Waals surface area contributed by atoms with Gasteiger partial charge in [0.1, 0.15) is 0 Å². The van der Waals surface area contributed by atoms with Crippen LogP contribution in [0.1, 0.15) is 76.3 Å². The molecule has 3 fully saturated rings. The van der Waals surface area contributed by atoms with Crippen molar-refractivity contribution in [3.8, 4) is 0 Å². The van der Waals surface area contributed by atoms with Crippen molar-refractivity contribution in [2.45, 2.75) is 101 Å². The number of fused-ring (bicyclic) bond motifs is 5. The Balaban J connectivity index is 1.16. The molecule has 2 aromatic carbocycles. The Kier molecular flexibility index (Phi) is 7.32. The number of allylic oxidation sites excluding steroid dienone is 1. The molecule has 0 heterocycles. The Morgan fingerprint density at radius 3 is 1.88 bits per heavy atom. The summed E-state index contributed by atoms with van der Waals surface area (Å²) in [6.07, 6.45) is 8.63. The third kappa shape index (κ3) is 5.34. The Labute approximate surface area is 245 Å². The Morgan fingerprint density at radius 1 is 0.732 bits per heavy atom. The van der Waals surface area contributed by atoms with Gasteiger partial charge < -0.3 is 0 Å². The summed E-state index contributed by atoms with van der Waals surface area (Å²) in [5.74, 6) is 1.39. The molecule has 6 rings (SSSR count). The first-order valence-corrected chi connectivity index (χ1v) is 17.8. The summed E-state index contributed by atoms with van der Waals surface area (Å²) in [6.45, 7) is 8.57. The van der Waals surface area contributed by atoms with E-state index in [1.807, 2.05) is 13.8 Å². The van der Waals surface area contributed by atoms with Crippen molar-refractivity contribution in [2.24, 2.45) is 28.6 Å². The van der Waals surface area contributed by atoms with Crippen molar-refractivity contribution < 1.29 is 25.2 Å². The highest BCUT2D eigenvalue weighted by atomic mass is 32.2. The summed E-state index contributed by atoms with van der Waals surface area (Å²) in [4.78, 5) is 0.435. The molecular formula is C33H42O6S2. The maximum Gasteiger partial charge on any atom is 0.297 e. The van der Waals surface area contributed by atoms with Crippen LogP contribution in [0.4, 0.5) is 0 Å². The van der Waals surface area contributed by atoms with Crippen molar-refractivity contribution in [1.29, 1.82) is 0 Å². The predicted molar refractivity (Wildman–Crippen MR) is 158 cm³/mol. The Hall–Kier alpha value is -2.00. The van der Waals surface area contributed by atoms with Crippen LogP contribution in [0.25, 0.3) is 0 Å². The quantitative estimate of drug-likeness (QED) is 0.260. The molecule has 41 heavy (non-hydrogen) atoms. The Bertz CT molecular complexity index is 1540. The van der Waals surface area contributed by atoms with Crippen molar-refractivity contribution in [2.75, 3.05) is 0 Å². The molecule has 3 saturated carbocycles. The molecule has 0 amide bonds. The van der Waals surface area contributed by atoms with Gasteiger partial charge >= 0.3 is 0 Å². The van der Waals surface area contributed by atoms with E-state index in [0.717, 1.165) is 49.7 Å². The van der Waals surface area contributed by atoms with Crippen molar-refractivity contribution in [3.05, 3.63) is 71.3 Å². The van der Waals surface area contributed by atoms with E-state index in [9.17, 15) is 16.8 Å². The summed E-state index contributed by atoms with van der Waals surface area (Å²) in [5.41, 5.74) is 3.45. The lowest BCUT2D eigenvalue weighted by atomic mass is 9.48. The second-order valence-electron chi connectivity index (χ2n) is 13.6. The molecule has 222 valence electrons. The standard InChI is InChI=1S/C33H42O6S2/c1-22-5-10-27(11-6-22)40(34,35)38-25-15-18-33(4)24(19-25)9-14-29-30(33)16-17-32(3)21-26(20-31(29)32)39-41(36,37)28-12-7-23(2)8-13-28/h5-13,25-26,29-31H,14-21H2,1-4H3/t25-,26-,29+,30-,31-,32+,33-/m0/s1.